The smallest absolute Gasteiger partial charge is 0.270 e. The Bertz CT molecular complexity index is 1230. The molecule has 0 fully saturated rings. The lowest BCUT2D eigenvalue weighted by atomic mass is 10.0. The van der Waals surface area contributed by atoms with Crippen molar-refractivity contribution in [1.82, 2.24) is 9.38 Å². The van der Waals surface area contributed by atoms with E-state index in [-0.39, 0.29) is 5.56 Å². The highest BCUT2D eigenvalue weighted by Gasteiger charge is 2.14. The number of benzene rings is 2. The van der Waals surface area contributed by atoms with Gasteiger partial charge in [-0.2, -0.15) is 0 Å². The average molecular weight is 385 g/mol. The zero-order valence-electron chi connectivity index (χ0n) is 15.8. The minimum atomic E-state index is -0.503. The van der Waals surface area contributed by atoms with Crippen molar-refractivity contribution in [3.63, 3.8) is 0 Å². The Morgan fingerprint density at radius 1 is 1.07 bits per heavy atom. The number of hydrogen-bond acceptors (Lipinski definition) is 4. The van der Waals surface area contributed by atoms with E-state index in [0.29, 0.717) is 17.8 Å². The number of rotatable bonds is 5. The van der Waals surface area contributed by atoms with Crippen molar-refractivity contribution in [3.05, 3.63) is 106 Å². The van der Waals surface area contributed by atoms with Gasteiger partial charge in [-0.3, -0.25) is 14.0 Å². The summed E-state index contributed by atoms with van der Waals surface area (Å²) in [7, 11) is 1.61. The minimum absolute atomic E-state index is 0.0193. The molecular weight excluding hydrogens is 366 g/mol. The average Bonchev–Trinajstić information content (AvgIpc) is 2.75. The normalized spacial score (nSPS) is 10.7. The summed E-state index contributed by atoms with van der Waals surface area (Å²) in [6.07, 6.45) is 3.56. The molecule has 0 radical (unpaired) electrons. The largest absolute Gasteiger partial charge is 0.496 e. The standard InChI is InChI=1S/C23H19N3O3/c1-29-20-11-10-18(14-17(20)13-16-7-3-2-4-8-16)25-22(27)19-15-24-21-9-5-6-12-26(21)23(19)28/h2-12,14-15H,13H2,1H3,(H,25,27). The molecule has 2 heterocycles. The van der Waals surface area contributed by atoms with Crippen LogP contribution in [0.15, 0.2) is 83.9 Å². The number of pyridine rings is 1. The van der Waals surface area contributed by atoms with Gasteiger partial charge in [-0.25, -0.2) is 4.98 Å². The number of nitrogens with one attached hydrogen (secondary N) is 1. The number of nitrogens with zero attached hydrogens (tertiary/aromatic N) is 2. The number of carbonyl (C=O) groups is 1. The molecule has 1 N–H and O–H groups in total. The molecule has 6 heteroatoms. The summed E-state index contributed by atoms with van der Waals surface area (Å²) in [6.45, 7) is 0. The van der Waals surface area contributed by atoms with Gasteiger partial charge in [0.15, 0.2) is 0 Å². The summed E-state index contributed by atoms with van der Waals surface area (Å²) >= 11 is 0. The van der Waals surface area contributed by atoms with Gasteiger partial charge in [0.25, 0.3) is 11.5 Å². The fourth-order valence-corrected chi connectivity index (χ4v) is 3.19. The van der Waals surface area contributed by atoms with Crippen LogP contribution in [-0.2, 0) is 6.42 Å². The maximum Gasteiger partial charge on any atom is 0.270 e. The van der Waals surface area contributed by atoms with E-state index in [1.54, 1.807) is 43.6 Å². The fraction of sp³-hybridized carbons (Fsp3) is 0.0870. The van der Waals surface area contributed by atoms with Gasteiger partial charge >= 0.3 is 0 Å². The Morgan fingerprint density at radius 3 is 2.66 bits per heavy atom. The van der Waals surface area contributed by atoms with E-state index in [9.17, 15) is 9.59 Å². The molecule has 0 aliphatic carbocycles. The third kappa shape index (κ3) is 3.87. The van der Waals surface area contributed by atoms with Crippen molar-refractivity contribution >= 4 is 17.2 Å². The van der Waals surface area contributed by atoms with Gasteiger partial charge < -0.3 is 10.1 Å². The number of hydrogen-bond donors (Lipinski definition) is 1. The van der Waals surface area contributed by atoms with Gasteiger partial charge in [0.2, 0.25) is 0 Å². The Morgan fingerprint density at radius 2 is 1.86 bits per heavy atom. The summed E-state index contributed by atoms with van der Waals surface area (Å²) in [5.74, 6) is 0.232. The molecular formula is C23H19N3O3. The van der Waals surface area contributed by atoms with Gasteiger partial charge in [0.05, 0.1) is 7.11 Å². The highest BCUT2D eigenvalue weighted by atomic mass is 16.5. The lowest BCUT2D eigenvalue weighted by Crippen LogP contribution is -2.26. The number of anilines is 1. The maximum absolute atomic E-state index is 12.7. The van der Waals surface area contributed by atoms with Crippen LogP contribution in [-0.4, -0.2) is 22.4 Å². The van der Waals surface area contributed by atoms with E-state index >= 15 is 0 Å². The summed E-state index contributed by atoms with van der Waals surface area (Å²) < 4.78 is 6.80. The number of methoxy groups -OCH3 is 1. The fourth-order valence-electron chi connectivity index (χ4n) is 3.19. The zero-order valence-corrected chi connectivity index (χ0v) is 15.8. The van der Waals surface area contributed by atoms with Crippen LogP contribution in [0.25, 0.3) is 5.65 Å². The Balaban J connectivity index is 1.62. The molecule has 0 saturated heterocycles. The Kier molecular flexibility index (Phi) is 5.07. The third-order valence-electron chi connectivity index (χ3n) is 4.63. The molecule has 2 aromatic carbocycles. The second-order valence-electron chi connectivity index (χ2n) is 6.55. The highest BCUT2D eigenvalue weighted by molar-refractivity contribution is 6.04. The molecule has 0 saturated carbocycles. The van der Waals surface area contributed by atoms with Crippen LogP contribution in [0, 0.1) is 0 Å². The van der Waals surface area contributed by atoms with E-state index in [1.165, 1.54) is 10.6 Å². The monoisotopic (exact) mass is 385 g/mol. The van der Waals surface area contributed by atoms with Crippen LogP contribution >= 0.6 is 0 Å². The van der Waals surface area contributed by atoms with Crippen molar-refractivity contribution < 1.29 is 9.53 Å². The first-order chi connectivity index (χ1) is 14.2. The highest BCUT2D eigenvalue weighted by Crippen LogP contribution is 2.25. The Labute approximate surface area is 167 Å². The predicted molar refractivity (Wildman–Crippen MR) is 112 cm³/mol. The van der Waals surface area contributed by atoms with Crippen molar-refractivity contribution in [2.45, 2.75) is 6.42 Å². The lowest BCUT2D eigenvalue weighted by Gasteiger charge is -2.12. The third-order valence-corrected chi connectivity index (χ3v) is 4.63. The summed E-state index contributed by atoms with van der Waals surface area (Å²) in [5, 5.41) is 2.79. The molecule has 2 aromatic heterocycles. The van der Waals surface area contributed by atoms with Gasteiger partial charge in [-0.1, -0.05) is 36.4 Å². The maximum atomic E-state index is 12.7. The lowest BCUT2D eigenvalue weighted by molar-refractivity contribution is 0.102. The second kappa shape index (κ2) is 7.98. The summed E-state index contributed by atoms with van der Waals surface area (Å²) in [4.78, 5) is 29.5. The van der Waals surface area contributed by atoms with E-state index in [1.807, 2.05) is 36.4 Å². The quantitative estimate of drug-likeness (QED) is 0.570. The van der Waals surface area contributed by atoms with Crippen LogP contribution in [0.3, 0.4) is 0 Å². The number of ether oxygens (including phenoxy) is 1. The van der Waals surface area contributed by atoms with Crippen molar-refractivity contribution in [3.8, 4) is 5.75 Å². The first-order valence-electron chi connectivity index (χ1n) is 9.14. The molecule has 0 bridgehead atoms. The first kappa shape index (κ1) is 18.4. The van der Waals surface area contributed by atoms with Crippen molar-refractivity contribution in [2.75, 3.05) is 12.4 Å². The molecule has 4 aromatic rings. The molecule has 6 nitrogen and oxygen atoms in total. The van der Waals surface area contributed by atoms with Crippen LogP contribution in [0.1, 0.15) is 21.5 Å². The molecule has 4 rings (SSSR count). The van der Waals surface area contributed by atoms with E-state index in [2.05, 4.69) is 10.3 Å². The summed E-state index contributed by atoms with van der Waals surface area (Å²) in [5.41, 5.74) is 2.71. The predicted octanol–water partition coefficient (Wildman–Crippen LogP) is 3.55. The summed E-state index contributed by atoms with van der Waals surface area (Å²) in [6, 6.07) is 20.6. The topological polar surface area (TPSA) is 72.7 Å². The molecule has 144 valence electrons. The molecule has 0 aliphatic heterocycles. The molecule has 0 spiro atoms. The SMILES string of the molecule is COc1ccc(NC(=O)c2cnc3ccccn3c2=O)cc1Cc1ccccc1. The molecule has 29 heavy (non-hydrogen) atoms. The molecule has 0 unspecified atom stereocenters. The van der Waals surface area contributed by atoms with E-state index in [4.69, 9.17) is 4.74 Å². The van der Waals surface area contributed by atoms with Crippen LogP contribution in [0.2, 0.25) is 0 Å². The number of carbonyl (C=O) groups excluding carboxylic acids is 1. The zero-order chi connectivity index (χ0) is 20.2. The minimum Gasteiger partial charge on any atom is -0.496 e. The molecule has 0 atom stereocenters. The Hall–Kier alpha value is -3.93. The van der Waals surface area contributed by atoms with Gasteiger partial charge in [0, 0.05) is 30.1 Å². The van der Waals surface area contributed by atoms with Crippen molar-refractivity contribution in [1.29, 1.82) is 0 Å². The van der Waals surface area contributed by atoms with Gasteiger partial charge in [0.1, 0.15) is 17.0 Å². The van der Waals surface area contributed by atoms with Crippen LogP contribution in [0.4, 0.5) is 5.69 Å². The molecule has 1 amide bonds. The van der Waals surface area contributed by atoms with Crippen LogP contribution < -0.4 is 15.6 Å². The van der Waals surface area contributed by atoms with E-state index in [0.717, 1.165) is 16.9 Å². The van der Waals surface area contributed by atoms with Gasteiger partial charge in [-0.15, -0.1) is 0 Å². The van der Waals surface area contributed by atoms with Gasteiger partial charge in [-0.05, 0) is 35.9 Å². The molecule has 0 aliphatic rings. The number of amides is 1. The first-order valence-corrected chi connectivity index (χ1v) is 9.14. The number of fused-ring (bicyclic) bond motifs is 1. The van der Waals surface area contributed by atoms with E-state index < -0.39 is 11.5 Å². The van der Waals surface area contributed by atoms with Crippen molar-refractivity contribution in [2.24, 2.45) is 0 Å². The number of aromatic nitrogens is 2. The van der Waals surface area contributed by atoms with Crippen LogP contribution in [0.5, 0.6) is 5.75 Å². The second-order valence-corrected chi connectivity index (χ2v) is 6.55.